The van der Waals surface area contributed by atoms with Gasteiger partial charge in [0.1, 0.15) is 0 Å². The summed E-state index contributed by atoms with van der Waals surface area (Å²) in [7, 11) is 3.23. The maximum absolute atomic E-state index is 12.2. The van der Waals surface area contributed by atoms with Crippen molar-refractivity contribution in [2.75, 3.05) is 13.7 Å². The number of hydrogen-bond donors (Lipinski definition) is 1. The molecule has 0 fully saturated rings. The number of esters is 1. The van der Waals surface area contributed by atoms with Crippen LogP contribution in [0.1, 0.15) is 16.8 Å². The van der Waals surface area contributed by atoms with Crippen LogP contribution in [0.4, 0.5) is 0 Å². The quantitative estimate of drug-likeness (QED) is 0.707. The molecule has 0 saturated heterocycles. The fraction of sp³-hybridized carbons (Fsp3) is 0.250. The van der Waals surface area contributed by atoms with E-state index in [1.54, 1.807) is 22.7 Å². The fourth-order valence-corrected chi connectivity index (χ4v) is 2.38. The number of methoxy groups -OCH3 is 1. The van der Waals surface area contributed by atoms with Gasteiger partial charge in [0.2, 0.25) is 0 Å². The molecule has 0 radical (unpaired) electrons. The molecule has 3 aromatic rings. The van der Waals surface area contributed by atoms with Crippen LogP contribution >= 0.6 is 0 Å². The lowest BCUT2D eigenvalue weighted by Crippen LogP contribution is -2.26. The van der Waals surface area contributed by atoms with Gasteiger partial charge in [-0.1, -0.05) is 0 Å². The Bertz CT molecular complexity index is 896. The van der Waals surface area contributed by atoms with Crippen LogP contribution in [0.5, 0.6) is 0 Å². The summed E-state index contributed by atoms with van der Waals surface area (Å²) >= 11 is 0. The van der Waals surface area contributed by atoms with E-state index in [1.807, 2.05) is 29.9 Å². The summed E-state index contributed by atoms with van der Waals surface area (Å²) in [5, 5.41) is 11.0. The molecular weight excluding hydrogens is 310 g/mol. The first-order chi connectivity index (χ1) is 11.6. The lowest BCUT2D eigenvalue weighted by atomic mass is 10.2. The SMILES string of the molecule is COC(=O)CCNC(=O)c1ccc2nnc(-c3cccn3C)n2c1. The lowest BCUT2D eigenvalue weighted by Gasteiger charge is -2.06. The Morgan fingerprint density at radius 3 is 2.79 bits per heavy atom. The second-order valence-electron chi connectivity index (χ2n) is 5.26. The normalized spacial score (nSPS) is 10.8. The van der Waals surface area contributed by atoms with Crippen LogP contribution in [0.2, 0.25) is 0 Å². The van der Waals surface area contributed by atoms with E-state index >= 15 is 0 Å². The van der Waals surface area contributed by atoms with Crippen LogP contribution in [0, 0.1) is 0 Å². The summed E-state index contributed by atoms with van der Waals surface area (Å²) in [5.41, 5.74) is 2.01. The van der Waals surface area contributed by atoms with Gasteiger partial charge in [-0.05, 0) is 24.3 Å². The summed E-state index contributed by atoms with van der Waals surface area (Å²) in [6, 6.07) is 7.25. The number of fused-ring (bicyclic) bond motifs is 1. The van der Waals surface area contributed by atoms with E-state index in [0.29, 0.717) is 17.0 Å². The van der Waals surface area contributed by atoms with Crippen molar-refractivity contribution < 1.29 is 14.3 Å². The molecule has 0 spiro atoms. The summed E-state index contributed by atoms with van der Waals surface area (Å²) in [6.07, 6.45) is 3.73. The van der Waals surface area contributed by atoms with Crippen LogP contribution in [0.3, 0.4) is 0 Å². The van der Waals surface area contributed by atoms with Crippen molar-refractivity contribution in [3.8, 4) is 11.5 Å². The number of pyridine rings is 1. The summed E-state index contributed by atoms with van der Waals surface area (Å²) in [4.78, 5) is 23.3. The molecule has 124 valence electrons. The number of ether oxygens (including phenoxy) is 1. The Labute approximate surface area is 138 Å². The third-order valence-corrected chi connectivity index (χ3v) is 3.68. The number of aromatic nitrogens is 4. The van der Waals surface area contributed by atoms with E-state index < -0.39 is 0 Å². The predicted octanol–water partition coefficient (Wildman–Crippen LogP) is 1.03. The maximum Gasteiger partial charge on any atom is 0.307 e. The monoisotopic (exact) mass is 327 g/mol. The standard InChI is InChI=1S/C16H17N5O3/c1-20-9-3-4-12(20)15-19-18-13-6-5-11(10-21(13)15)16(23)17-8-7-14(22)24-2/h3-6,9-10H,7-8H2,1-2H3,(H,17,23). The molecule has 3 heterocycles. The number of rotatable bonds is 5. The van der Waals surface area contributed by atoms with Crippen molar-refractivity contribution in [3.05, 3.63) is 42.2 Å². The topological polar surface area (TPSA) is 90.5 Å². The minimum absolute atomic E-state index is 0.131. The minimum Gasteiger partial charge on any atom is -0.469 e. The molecule has 3 aromatic heterocycles. The Morgan fingerprint density at radius 2 is 2.08 bits per heavy atom. The number of carbonyl (C=O) groups excluding carboxylic acids is 2. The van der Waals surface area contributed by atoms with Crippen molar-refractivity contribution in [1.82, 2.24) is 24.5 Å². The molecule has 3 rings (SSSR count). The minimum atomic E-state index is -0.365. The molecule has 8 nitrogen and oxygen atoms in total. The second-order valence-corrected chi connectivity index (χ2v) is 5.26. The van der Waals surface area contributed by atoms with E-state index in [-0.39, 0.29) is 24.8 Å². The highest BCUT2D eigenvalue weighted by Gasteiger charge is 2.13. The zero-order chi connectivity index (χ0) is 17.1. The third-order valence-electron chi connectivity index (χ3n) is 3.68. The largest absolute Gasteiger partial charge is 0.469 e. The maximum atomic E-state index is 12.2. The van der Waals surface area contributed by atoms with Gasteiger partial charge in [-0.15, -0.1) is 10.2 Å². The van der Waals surface area contributed by atoms with Crippen LogP contribution in [0.25, 0.3) is 17.2 Å². The van der Waals surface area contributed by atoms with E-state index in [1.165, 1.54) is 7.11 Å². The molecule has 0 aromatic carbocycles. The van der Waals surface area contributed by atoms with E-state index in [0.717, 1.165) is 5.69 Å². The highest BCUT2D eigenvalue weighted by molar-refractivity contribution is 5.94. The van der Waals surface area contributed by atoms with Gasteiger partial charge in [0.25, 0.3) is 5.91 Å². The predicted molar refractivity (Wildman–Crippen MR) is 86.4 cm³/mol. The molecule has 1 amide bonds. The van der Waals surface area contributed by atoms with Gasteiger partial charge < -0.3 is 14.6 Å². The number of nitrogens with one attached hydrogen (secondary N) is 1. The zero-order valence-electron chi connectivity index (χ0n) is 13.4. The summed E-state index contributed by atoms with van der Waals surface area (Å²) in [6.45, 7) is 0.219. The van der Waals surface area contributed by atoms with E-state index in [9.17, 15) is 9.59 Å². The second kappa shape index (κ2) is 6.53. The van der Waals surface area contributed by atoms with Gasteiger partial charge in [0.15, 0.2) is 11.5 Å². The molecular formula is C16H17N5O3. The molecule has 0 bridgehead atoms. The van der Waals surface area contributed by atoms with Crippen LogP contribution in [-0.4, -0.2) is 44.7 Å². The van der Waals surface area contributed by atoms with Crippen molar-refractivity contribution in [2.45, 2.75) is 6.42 Å². The summed E-state index contributed by atoms with van der Waals surface area (Å²) < 4.78 is 8.24. The Hall–Kier alpha value is -3.16. The Balaban J connectivity index is 1.84. The Morgan fingerprint density at radius 1 is 1.25 bits per heavy atom. The number of nitrogens with zero attached hydrogens (tertiary/aromatic N) is 4. The Kier molecular flexibility index (Phi) is 4.28. The smallest absolute Gasteiger partial charge is 0.307 e. The lowest BCUT2D eigenvalue weighted by molar-refractivity contribution is -0.140. The molecule has 0 saturated carbocycles. The first-order valence-corrected chi connectivity index (χ1v) is 7.41. The van der Waals surface area contributed by atoms with E-state index in [2.05, 4.69) is 20.3 Å². The molecule has 8 heteroatoms. The number of aryl methyl sites for hydroxylation is 1. The van der Waals surface area contributed by atoms with Crippen LogP contribution < -0.4 is 5.32 Å². The molecule has 0 atom stereocenters. The third kappa shape index (κ3) is 2.98. The highest BCUT2D eigenvalue weighted by atomic mass is 16.5. The number of amides is 1. The molecule has 24 heavy (non-hydrogen) atoms. The van der Waals surface area contributed by atoms with Gasteiger partial charge in [-0.2, -0.15) is 0 Å². The van der Waals surface area contributed by atoms with Crippen molar-refractivity contribution in [1.29, 1.82) is 0 Å². The van der Waals surface area contributed by atoms with Gasteiger partial charge in [-0.3, -0.25) is 14.0 Å². The molecule has 1 N–H and O–H groups in total. The highest BCUT2D eigenvalue weighted by Crippen LogP contribution is 2.18. The van der Waals surface area contributed by atoms with Crippen LogP contribution in [-0.2, 0) is 16.6 Å². The van der Waals surface area contributed by atoms with Crippen LogP contribution in [0.15, 0.2) is 36.7 Å². The first-order valence-electron chi connectivity index (χ1n) is 7.41. The van der Waals surface area contributed by atoms with E-state index in [4.69, 9.17) is 0 Å². The number of hydrogen-bond acceptors (Lipinski definition) is 5. The molecule has 0 aliphatic rings. The average molecular weight is 327 g/mol. The van der Waals surface area contributed by atoms with Gasteiger partial charge in [0.05, 0.1) is 24.8 Å². The first kappa shape index (κ1) is 15.7. The van der Waals surface area contributed by atoms with Gasteiger partial charge in [0, 0.05) is 26.0 Å². The van der Waals surface area contributed by atoms with Crippen molar-refractivity contribution >= 4 is 17.5 Å². The fourth-order valence-electron chi connectivity index (χ4n) is 2.38. The average Bonchev–Trinajstić information content (AvgIpc) is 3.19. The van der Waals surface area contributed by atoms with Crippen molar-refractivity contribution in [3.63, 3.8) is 0 Å². The molecule has 0 unspecified atom stereocenters. The number of carbonyl (C=O) groups is 2. The molecule has 0 aliphatic heterocycles. The van der Waals surface area contributed by atoms with Crippen molar-refractivity contribution in [2.24, 2.45) is 7.05 Å². The molecule has 0 aliphatic carbocycles. The zero-order valence-corrected chi connectivity index (χ0v) is 13.4. The summed E-state index contributed by atoms with van der Waals surface area (Å²) in [5.74, 6) is 0.0181. The van der Waals surface area contributed by atoms with Gasteiger partial charge >= 0.3 is 5.97 Å². The van der Waals surface area contributed by atoms with Gasteiger partial charge in [-0.25, -0.2) is 0 Å².